The number of hydrogen-bond donors (Lipinski definition) is 1. The maximum atomic E-state index is 9.87. The van der Waals surface area contributed by atoms with Gasteiger partial charge in [0.25, 0.3) is 0 Å². The Kier molecular flexibility index (Phi) is 15.8. The molecule has 1 N–H and O–H groups in total. The fourth-order valence-corrected chi connectivity index (χ4v) is 6.68. The molecule has 1 saturated heterocycles. The predicted molar refractivity (Wildman–Crippen MR) is 195 cm³/mol. The molecule has 0 amide bonds. The van der Waals surface area contributed by atoms with Gasteiger partial charge in [0.15, 0.2) is 6.29 Å². The molecule has 2 aliphatic heterocycles. The zero-order chi connectivity index (χ0) is 34.1. The van der Waals surface area contributed by atoms with Crippen LogP contribution in [0.5, 0.6) is 17.2 Å². The number of carbonyl (C=O) groups is 1. The van der Waals surface area contributed by atoms with Crippen LogP contribution in [0.2, 0.25) is 5.02 Å². The second kappa shape index (κ2) is 20.2. The first-order valence-corrected chi connectivity index (χ1v) is 17.8. The van der Waals surface area contributed by atoms with Gasteiger partial charge in [0, 0.05) is 24.7 Å². The standard InChI is InChI=1S/C32H45ClN2O2.C8H8O3/c1-4-9-26-10-13-28(33)24-31(26)30-16-18-34(3)32(25(30)2)27-11-14-29(15-12-27)37-21-8-6-5-7-17-35-19-22-36-23-20-35;9-5-6-11-8-3-1-7(10)2-4-8/h10-15,24,32H,4-9,16-23H2,1-3H3;1-5,10H,6H2. The van der Waals surface area contributed by atoms with Gasteiger partial charge in [-0.3, -0.25) is 14.6 Å². The van der Waals surface area contributed by atoms with Crippen LogP contribution in [0.1, 0.15) is 75.1 Å². The Hall–Kier alpha value is -3.36. The second-order valence-electron chi connectivity index (χ2n) is 12.6. The van der Waals surface area contributed by atoms with Gasteiger partial charge in [-0.05, 0) is 123 Å². The van der Waals surface area contributed by atoms with E-state index >= 15 is 0 Å². The van der Waals surface area contributed by atoms with E-state index in [-0.39, 0.29) is 18.4 Å². The molecule has 0 radical (unpaired) electrons. The number of benzene rings is 3. The zero-order valence-corrected chi connectivity index (χ0v) is 29.7. The first kappa shape index (κ1) is 37.5. The Morgan fingerprint density at radius 3 is 2.31 bits per heavy atom. The predicted octanol–water partition coefficient (Wildman–Crippen LogP) is 8.38. The Morgan fingerprint density at radius 2 is 1.60 bits per heavy atom. The minimum Gasteiger partial charge on any atom is -0.508 e. The lowest BCUT2D eigenvalue weighted by molar-refractivity contribution is -0.109. The van der Waals surface area contributed by atoms with E-state index in [2.05, 4.69) is 67.1 Å². The van der Waals surface area contributed by atoms with Crippen molar-refractivity contribution in [3.05, 3.63) is 94.0 Å². The van der Waals surface area contributed by atoms with Gasteiger partial charge in [0.2, 0.25) is 0 Å². The Bertz CT molecular complexity index is 1420. The van der Waals surface area contributed by atoms with Crippen LogP contribution in [0.3, 0.4) is 0 Å². The average molecular weight is 677 g/mol. The monoisotopic (exact) mass is 676 g/mol. The molecule has 1 unspecified atom stereocenters. The van der Waals surface area contributed by atoms with Gasteiger partial charge in [0.05, 0.1) is 25.9 Å². The molecule has 8 heteroatoms. The number of aryl methyl sites for hydroxylation is 1. The summed E-state index contributed by atoms with van der Waals surface area (Å²) in [5.41, 5.74) is 6.97. The molecule has 2 aliphatic rings. The van der Waals surface area contributed by atoms with Crippen LogP contribution in [0.25, 0.3) is 5.57 Å². The van der Waals surface area contributed by atoms with E-state index in [4.69, 9.17) is 30.9 Å². The molecule has 5 rings (SSSR count). The minimum absolute atomic E-state index is 0.0464. The van der Waals surface area contributed by atoms with E-state index in [1.807, 2.05) is 6.07 Å². The first-order valence-electron chi connectivity index (χ1n) is 17.5. The molecular weight excluding hydrogens is 624 g/mol. The molecule has 3 aromatic rings. The molecule has 0 spiro atoms. The van der Waals surface area contributed by atoms with Gasteiger partial charge >= 0.3 is 0 Å². The molecular formula is C40H53ClN2O5. The van der Waals surface area contributed by atoms with Gasteiger partial charge in [-0.15, -0.1) is 0 Å². The number of nitrogens with zero attached hydrogens (tertiary/aromatic N) is 2. The summed E-state index contributed by atoms with van der Waals surface area (Å²) >= 11 is 6.44. The summed E-state index contributed by atoms with van der Waals surface area (Å²) in [4.78, 5) is 14.9. The van der Waals surface area contributed by atoms with E-state index in [9.17, 15) is 4.79 Å². The van der Waals surface area contributed by atoms with Crippen molar-refractivity contribution in [1.29, 1.82) is 0 Å². The molecule has 3 aromatic carbocycles. The van der Waals surface area contributed by atoms with Gasteiger partial charge in [0.1, 0.15) is 23.9 Å². The van der Waals surface area contributed by atoms with Crippen molar-refractivity contribution in [3.8, 4) is 17.2 Å². The number of phenols is 1. The second-order valence-corrected chi connectivity index (χ2v) is 13.0. The number of hydrogen-bond acceptors (Lipinski definition) is 7. The number of rotatable bonds is 15. The topological polar surface area (TPSA) is 71.5 Å². The minimum atomic E-state index is 0.0464. The van der Waals surface area contributed by atoms with E-state index in [0.717, 1.165) is 75.9 Å². The molecule has 2 heterocycles. The summed E-state index contributed by atoms with van der Waals surface area (Å²) in [6.07, 6.45) is 8.84. The van der Waals surface area contributed by atoms with Crippen LogP contribution >= 0.6 is 11.6 Å². The van der Waals surface area contributed by atoms with Crippen molar-refractivity contribution in [2.75, 3.05) is 59.7 Å². The van der Waals surface area contributed by atoms with Crippen LogP contribution in [0, 0.1) is 0 Å². The van der Waals surface area contributed by atoms with Gasteiger partial charge in [-0.1, -0.05) is 56.0 Å². The Labute approximate surface area is 292 Å². The fraction of sp³-hybridized carbons (Fsp3) is 0.475. The molecule has 0 aliphatic carbocycles. The molecule has 0 aromatic heterocycles. The van der Waals surface area contributed by atoms with Crippen molar-refractivity contribution >= 4 is 23.5 Å². The van der Waals surface area contributed by atoms with Crippen LogP contribution in [-0.4, -0.2) is 80.8 Å². The molecule has 260 valence electrons. The normalized spacial score (nSPS) is 17.0. The van der Waals surface area contributed by atoms with Crippen LogP contribution in [0.4, 0.5) is 0 Å². The number of aromatic hydroxyl groups is 1. The highest BCUT2D eigenvalue weighted by molar-refractivity contribution is 6.30. The fourth-order valence-electron chi connectivity index (χ4n) is 6.50. The smallest absolute Gasteiger partial charge is 0.157 e. The summed E-state index contributed by atoms with van der Waals surface area (Å²) in [5, 5.41) is 9.68. The molecule has 0 saturated carbocycles. The number of likely N-dealkylation sites (N-methyl/N-ethyl adjacent to an activating group) is 1. The third-order valence-electron chi connectivity index (χ3n) is 9.05. The zero-order valence-electron chi connectivity index (χ0n) is 29.0. The lowest BCUT2D eigenvalue weighted by Gasteiger charge is -2.36. The summed E-state index contributed by atoms with van der Waals surface area (Å²) in [6, 6.07) is 21.7. The van der Waals surface area contributed by atoms with E-state index in [1.54, 1.807) is 12.1 Å². The molecule has 1 atom stereocenters. The molecule has 1 fully saturated rings. The van der Waals surface area contributed by atoms with Crippen molar-refractivity contribution in [1.82, 2.24) is 9.80 Å². The van der Waals surface area contributed by atoms with Gasteiger partial charge in [-0.2, -0.15) is 0 Å². The maximum absolute atomic E-state index is 9.87. The van der Waals surface area contributed by atoms with Crippen LogP contribution < -0.4 is 9.47 Å². The average Bonchev–Trinajstić information content (AvgIpc) is 3.10. The van der Waals surface area contributed by atoms with E-state index in [1.165, 1.54) is 65.8 Å². The summed E-state index contributed by atoms with van der Waals surface area (Å²) < 4.78 is 16.4. The molecule has 7 nitrogen and oxygen atoms in total. The molecule has 0 bridgehead atoms. The maximum Gasteiger partial charge on any atom is 0.157 e. The number of aldehydes is 1. The third kappa shape index (κ3) is 11.7. The SMILES string of the molecule is CCCc1ccc(Cl)cc1C1=C(C)C(c2ccc(OCCCCCCN3CCOCC3)cc2)N(C)CC1.O=CCOc1ccc(O)cc1. The Morgan fingerprint density at radius 1 is 0.917 bits per heavy atom. The Balaban J connectivity index is 0.000000401. The largest absolute Gasteiger partial charge is 0.508 e. The van der Waals surface area contributed by atoms with Crippen molar-refractivity contribution in [2.24, 2.45) is 0 Å². The number of unbranched alkanes of at least 4 members (excludes halogenated alkanes) is 3. The lowest BCUT2D eigenvalue weighted by atomic mass is 9.84. The lowest BCUT2D eigenvalue weighted by Crippen LogP contribution is -2.36. The van der Waals surface area contributed by atoms with E-state index in [0.29, 0.717) is 12.0 Å². The van der Waals surface area contributed by atoms with Crippen molar-refractivity contribution in [3.63, 3.8) is 0 Å². The highest BCUT2D eigenvalue weighted by atomic mass is 35.5. The highest BCUT2D eigenvalue weighted by Crippen LogP contribution is 2.40. The number of phenolic OH excluding ortho intramolecular Hbond substituents is 1. The summed E-state index contributed by atoms with van der Waals surface area (Å²) in [7, 11) is 2.24. The third-order valence-corrected chi connectivity index (χ3v) is 9.28. The van der Waals surface area contributed by atoms with E-state index < -0.39 is 0 Å². The van der Waals surface area contributed by atoms with Crippen LogP contribution in [-0.2, 0) is 16.0 Å². The molecule has 48 heavy (non-hydrogen) atoms. The van der Waals surface area contributed by atoms with Crippen molar-refractivity contribution < 1.29 is 24.1 Å². The number of ether oxygens (including phenoxy) is 3. The number of morpholine rings is 1. The van der Waals surface area contributed by atoms with Crippen molar-refractivity contribution in [2.45, 2.75) is 64.8 Å². The van der Waals surface area contributed by atoms with Crippen LogP contribution in [0.15, 0.2) is 72.3 Å². The number of halogens is 1. The summed E-state index contributed by atoms with van der Waals surface area (Å²) in [5.74, 6) is 1.73. The summed E-state index contributed by atoms with van der Waals surface area (Å²) in [6.45, 7) is 11.6. The number of carbonyl (C=O) groups excluding carboxylic acids is 1. The first-order chi connectivity index (χ1) is 23.4. The quantitative estimate of drug-likeness (QED) is 0.128. The van der Waals surface area contributed by atoms with Gasteiger partial charge in [-0.25, -0.2) is 0 Å². The highest BCUT2D eigenvalue weighted by Gasteiger charge is 2.27. The van der Waals surface area contributed by atoms with Gasteiger partial charge < -0.3 is 19.3 Å².